The third-order valence-electron chi connectivity index (χ3n) is 4.12. The van der Waals surface area contributed by atoms with Gasteiger partial charge in [-0.05, 0) is 43.5 Å². The number of carbonyl (C=O) groups excluding carboxylic acids is 2. The molecule has 24 heavy (non-hydrogen) atoms. The molecule has 7 heteroatoms. The van der Waals surface area contributed by atoms with Crippen LogP contribution in [-0.4, -0.2) is 34.7 Å². The zero-order valence-electron chi connectivity index (χ0n) is 13.6. The second kappa shape index (κ2) is 7.16. The Kier molecular flexibility index (Phi) is 4.79. The monoisotopic (exact) mass is 327 g/mol. The number of hydrogen-bond donors (Lipinski definition) is 3. The lowest BCUT2D eigenvalue weighted by Gasteiger charge is -2.22. The van der Waals surface area contributed by atoms with Gasteiger partial charge in [0.1, 0.15) is 0 Å². The van der Waals surface area contributed by atoms with Crippen LogP contribution in [0.5, 0.6) is 0 Å². The van der Waals surface area contributed by atoms with Gasteiger partial charge in [0.15, 0.2) is 0 Å². The number of urea groups is 1. The molecular formula is C17H21N5O2. The molecule has 3 amide bonds. The smallest absolute Gasteiger partial charge is 0.319 e. The van der Waals surface area contributed by atoms with E-state index in [2.05, 4.69) is 20.8 Å². The summed E-state index contributed by atoms with van der Waals surface area (Å²) in [6.07, 6.45) is 5.69. The molecule has 1 saturated heterocycles. The Morgan fingerprint density at radius 1 is 1.46 bits per heavy atom. The molecule has 1 aliphatic rings. The van der Waals surface area contributed by atoms with Crippen LogP contribution in [0.25, 0.3) is 0 Å². The number of nitrogens with zero attached hydrogens (tertiary/aromatic N) is 2. The van der Waals surface area contributed by atoms with Crippen molar-refractivity contribution in [3.63, 3.8) is 0 Å². The first-order chi connectivity index (χ1) is 11.6. The Labute approximate surface area is 140 Å². The van der Waals surface area contributed by atoms with E-state index in [0.29, 0.717) is 25.1 Å². The van der Waals surface area contributed by atoms with Crippen molar-refractivity contribution in [2.75, 3.05) is 16.8 Å². The second-order valence-corrected chi connectivity index (χ2v) is 5.94. The van der Waals surface area contributed by atoms with E-state index in [9.17, 15) is 9.59 Å². The summed E-state index contributed by atoms with van der Waals surface area (Å²) < 4.78 is 0. The van der Waals surface area contributed by atoms with Gasteiger partial charge in [-0.3, -0.25) is 9.89 Å². The number of benzene rings is 1. The highest BCUT2D eigenvalue weighted by molar-refractivity contribution is 5.97. The molecule has 2 heterocycles. The van der Waals surface area contributed by atoms with E-state index in [1.165, 1.54) is 0 Å². The molecule has 3 rings (SSSR count). The van der Waals surface area contributed by atoms with Gasteiger partial charge < -0.3 is 15.5 Å². The van der Waals surface area contributed by atoms with Crippen LogP contribution in [0, 0.1) is 0 Å². The van der Waals surface area contributed by atoms with Crippen molar-refractivity contribution in [2.24, 2.45) is 0 Å². The fourth-order valence-corrected chi connectivity index (χ4v) is 2.87. The number of hydrogen-bond acceptors (Lipinski definition) is 3. The van der Waals surface area contributed by atoms with E-state index in [-0.39, 0.29) is 18.0 Å². The lowest BCUT2D eigenvalue weighted by molar-refractivity contribution is -0.117. The topological polar surface area (TPSA) is 90.1 Å². The van der Waals surface area contributed by atoms with Crippen LogP contribution in [0.1, 0.15) is 25.3 Å². The SMILES string of the molecule is C[C@H]1CCC(=O)N1c1cccc(NC(=O)NCCc2cn[nH]c2)c1. The highest BCUT2D eigenvalue weighted by Gasteiger charge is 2.28. The average molecular weight is 327 g/mol. The number of aromatic nitrogens is 2. The third-order valence-corrected chi connectivity index (χ3v) is 4.12. The van der Waals surface area contributed by atoms with Crippen molar-refractivity contribution in [3.05, 3.63) is 42.2 Å². The summed E-state index contributed by atoms with van der Waals surface area (Å²) in [6, 6.07) is 7.30. The van der Waals surface area contributed by atoms with Crippen molar-refractivity contribution in [2.45, 2.75) is 32.2 Å². The van der Waals surface area contributed by atoms with Crippen molar-refractivity contribution in [1.29, 1.82) is 0 Å². The number of H-pyrrole nitrogens is 1. The Hall–Kier alpha value is -2.83. The first-order valence-electron chi connectivity index (χ1n) is 8.08. The van der Waals surface area contributed by atoms with Crippen LogP contribution in [0.15, 0.2) is 36.7 Å². The zero-order valence-corrected chi connectivity index (χ0v) is 13.6. The van der Waals surface area contributed by atoms with Gasteiger partial charge in [-0.25, -0.2) is 4.79 Å². The summed E-state index contributed by atoms with van der Waals surface area (Å²) in [6.45, 7) is 2.56. The summed E-state index contributed by atoms with van der Waals surface area (Å²) in [5.41, 5.74) is 2.53. The Morgan fingerprint density at radius 2 is 2.33 bits per heavy atom. The molecule has 1 aliphatic heterocycles. The maximum atomic E-state index is 12.0. The maximum absolute atomic E-state index is 12.0. The van der Waals surface area contributed by atoms with E-state index in [4.69, 9.17) is 0 Å². The van der Waals surface area contributed by atoms with Crippen LogP contribution in [0.2, 0.25) is 0 Å². The number of aromatic amines is 1. The summed E-state index contributed by atoms with van der Waals surface area (Å²) in [7, 11) is 0. The standard InChI is InChI=1S/C17H21N5O2/c1-12-5-6-16(23)22(12)15-4-2-3-14(9-15)21-17(24)18-8-7-13-10-19-20-11-13/h2-4,9-12H,5-8H2,1H3,(H,19,20)(H2,18,21,24)/t12-/m0/s1. The maximum Gasteiger partial charge on any atom is 0.319 e. The minimum Gasteiger partial charge on any atom is -0.338 e. The molecular weight excluding hydrogens is 306 g/mol. The van der Waals surface area contributed by atoms with Crippen LogP contribution in [0.3, 0.4) is 0 Å². The van der Waals surface area contributed by atoms with E-state index in [1.807, 2.05) is 31.2 Å². The van der Waals surface area contributed by atoms with Crippen LogP contribution in [0.4, 0.5) is 16.2 Å². The van der Waals surface area contributed by atoms with E-state index in [0.717, 1.165) is 17.7 Å². The molecule has 2 aromatic rings. The zero-order chi connectivity index (χ0) is 16.9. The molecule has 0 aliphatic carbocycles. The van der Waals surface area contributed by atoms with Gasteiger partial charge in [0.25, 0.3) is 0 Å². The van der Waals surface area contributed by atoms with Crippen molar-refractivity contribution in [1.82, 2.24) is 15.5 Å². The van der Waals surface area contributed by atoms with Gasteiger partial charge in [-0.15, -0.1) is 0 Å². The molecule has 1 atom stereocenters. The van der Waals surface area contributed by atoms with Crippen molar-refractivity contribution >= 4 is 23.3 Å². The molecule has 1 aromatic carbocycles. The highest BCUT2D eigenvalue weighted by Crippen LogP contribution is 2.28. The largest absolute Gasteiger partial charge is 0.338 e. The lowest BCUT2D eigenvalue weighted by Crippen LogP contribution is -2.31. The minimum absolute atomic E-state index is 0.129. The Balaban J connectivity index is 1.56. The number of nitrogens with one attached hydrogen (secondary N) is 3. The fourth-order valence-electron chi connectivity index (χ4n) is 2.87. The van der Waals surface area contributed by atoms with Crippen LogP contribution < -0.4 is 15.5 Å². The lowest BCUT2D eigenvalue weighted by atomic mass is 10.2. The molecule has 3 N–H and O–H groups in total. The van der Waals surface area contributed by atoms with Gasteiger partial charge in [0, 0.05) is 36.6 Å². The predicted octanol–water partition coefficient (Wildman–Crippen LogP) is 2.29. The molecule has 0 saturated carbocycles. The summed E-state index contributed by atoms with van der Waals surface area (Å²) >= 11 is 0. The fraction of sp³-hybridized carbons (Fsp3) is 0.353. The number of carbonyl (C=O) groups is 2. The van der Waals surface area contributed by atoms with Crippen molar-refractivity contribution < 1.29 is 9.59 Å². The van der Waals surface area contributed by atoms with E-state index < -0.39 is 0 Å². The molecule has 0 bridgehead atoms. The molecule has 1 aromatic heterocycles. The molecule has 7 nitrogen and oxygen atoms in total. The molecule has 0 radical (unpaired) electrons. The molecule has 1 fully saturated rings. The quantitative estimate of drug-likeness (QED) is 0.787. The molecule has 126 valence electrons. The van der Waals surface area contributed by atoms with E-state index in [1.54, 1.807) is 17.3 Å². The van der Waals surface area contributed by atoms with Crippen LogP contribution >= 0.6 is 0 Å². The summed E-state index contributed by atoms with van der Waals surface area (Å²) in [4.78, 5) is 25.8. The van der Waals surface area contributed by atoms with Gasteiger partial charge in [-0.1, -0.05) is 6.07 Å². The normalized spacial score (nSPS) is 17.1. The average Bonchev–Trinajstić information content (AvgIpc) is 3.18. The highest BCUT2D eigenvalue weighted by atomic mass is 16.2. The van der Waals surface area contributed by atoms with Gasteiger partial charge in [0.05, 0.1) is 6.20 Å². The van der Waals surface area contributed by atoms with E-state index >= 15 is 0 Å². The van der Waals surface area contributed by atoms with Crippen LogP contribution in [-0.2, 0) is 11.2 Å². The summed E-state index contributed by atoms with van der Waals surface area (Å²) in [5, 5.41) is 12.2. The minimum atomic E-state index is -0.267. The van der Waals surface area contributed by atoms with Gasteiger partial charge >= 0.3 is 6.03 Å². The number of amides is 3. The number of anilines is 2. The number of rotatable bonds is 5. The van der Waals surface area contributed by atoms with Gasteiger partial charge in [-0.2, -0.15) is 5.10 Å². The van der Waals surface area contributed by atoms with Gasteiger partial charge in [0.2, 0.25) is 5.91 Å². The third kappa shape index (κ3) is 3.73. The molecule has 0 unspecified atom stereocenters. The Bertz CT molecular complexity index is 714. The molecule has 0 spiro atoms. The first kappa shape index (κ1) is 16.0. The predicted molar refractivity (Wildman–Crippen MR) is 91.9 cm³/mol. The second-order valence-electron chi connectivity index (χ2n) is 5.94. The first-order valence-corrected chi connectivity index (χ1v) is 8.08. The summed E-state index contributed by atoms with van der Waals surface area (Å²) in [5.74, 6) is 0.129. The van der Waals surface area contributed by atoms with Crippen molar-refractivity contribution in [3.8, 4) is 0 Å². The Morgan fingerprint density at radius 3 is 3.04 bits per heavy atom.